The van der Waals surface area contributed by atoms with Gasteiger partial charge in [-0.15, -0.1) is 0 Å². The maximum absolute atomic E-state index is 12.5. The molecular formula is C19H18N2O4S. The van der Waals surface area contributed by atoms with E-state index in [-0.39, 0.29) is 17.3 Å². The van der Waals surface area contributed by atoms with Gasteiger partial charge in [-0.05, 0) is 61.0 Å². The summed E-state index contributed by atoms with van der Waals surface area (Å²) in [6, 6.07) is 16.3. The fourth-order valence-electron chi connectivity index (χ4n) is 2.39. The third-order valence-electron chi connectivity index (χ3n) is 3.70. The van der Waals surface area contributed by atoms with Crippen molar-refractivity contribution in [1.82, 2.24) is 5.32 Å². The number of benzene rings is 2. The van der Waals surface area contributed by atoms with E-state index in [0.717, 1.165) is 5.56 Å². The minimum atomic E-state index is -3.72. The highest BCUT2D eigenvalue weighted by atomic mass is 32.2. The highest BCUT2D eigenvalue weighted by molar-refractivity contribution is 7.92. The number of rotatable bonds is 6. The minimum Gasteiger partial charge on any atom is -0.467 e. The number of nitrogens with one attached hydrogen (secondary N) is 2. The van der Waals surface area contributed by atoms with Crippen molar-refractivity contribution < 1.29 is 17.6 Å². The molecule has 1 heterocycles. The van der Waals surface area contributed by atoms with Gasteiger partial charge in [-0.2, -0.15) is 0 Å². The summed E-state index contributed by atoms with van der Waals surface area (Å²) in [5.41, 5.74) is 1.81. The van der Waals surface area contributed by atoms with Crippen molar-refractivity contribution in [2.75, 3.05) is 4.72 Å². The standard InChI is InChI=1S/C19H18N2O4S/c1-14-4-2-5-16(12-14)21-26(23,24)18-9-7-15(8-10-18)19(22)20-13-17-6-3-11-25-17/h2-12,21H,13H2,1H3,(H,20,22). The summed E-state index contributed by atoms with van der Waals surface area (Å²) in [5, 5.41) is 2.71. The van der Waals surface area contributed by atoms with Gasteiger partial charge < -0.3 is 9.73 Å². The lowest BCUT2D eigenvalue weighted by atomic mass is 10.2. The van der Waals surface area contributed by atoms with Crippen LogP contribution in [0.2, 0.25) is 0 Å². The molecule has 0 unspecified atom stereocenters. The summed E-state index contributed by atoms with van der Waals surface area (Å²) in [6.07, 6.45) is 1.53. The van der Waals surface area contributed by atoms with Gasteiger partial charge >= 0.3 is 0 Å². The van der Waals surface area contributed by atoms with Gasteiger partial charge in [0, 0.05) is 11.3 Å². The zero-order chi connectivity index (χ0) is 18.6. The largest absolute Gasteiger partial charge is 0.467 e. The number of aryl methyl sites for hydroxylation is 1. The van der Waals surface area contributed by atoms with Crippen molar-refractivity contribution >= 4 is 21.6 Å². The van der Waals surface area contributed by atoms with E-state index in [1.165, 1.54) is 30.5 Å². The number of carbonyl (C=O) groups is 1. The van der Waals surface area contributed by atoms with E-state index < -0.39 is 10.0 Å². The summed E-state index contributed by atoms with van der Waals surface area (Å²) in [5.74, 6) is 0.330. The molecule has 3 aromatic rings. The summed E-state index contributed by atoms with van der Waals surface area (Å²) in [7, 11) is -3.72. The Labute approximate surface area is 151 Å². The normalized spacial score (nSPS) is 11.1. The van der Waals surface area contributed by atoms with Crippen molar-refractivity contribution in [2.45, 2.75) is 18.4 Å². The van der Waals surface area contributed by atoms with Gasteiger partial charge in [0.2, 0.25) is 0 Å². The van der Waals surface area contributed by atoms with E-state index in [2.05, 4.69) is 10.0 Å². The summed E-state index contributed by atoms with van der Waals surface area (Å²) < 4.78 is 32.6. The molecule has 2 aromatic carbocycles. The number of furan rings is 1. The second-order valence-electron chi connectivity index (χ2n) is 5.76. The Morgan fingerprint density at radius 3 is 2.46 bits per heavy atom. The van der Waals surface area contributed by atoms with E-state index in [9.17, 15) is 13.2 Å². The lowest BCUT2D eigenvalue weighted by Gasteiger charge is -2.09. The van der Waals surface area contributed by atoms with Crippen LogP contribution in [0.3, 0.4) is 0 Å². The monoisotopic (exact) mass is 370 g/mol. The van der Waals surface area contributed by atoms with E-state index in [0.29, 0.717) is 17.0 Å². The Balaban J connectivity index is 1.68. The van der Waals surface area contributed by atoms with Gasteiger partial charge in [0.25, 0.3) is 15.9 Å². The molecule has 0 aliphatic carbocycles. The predicted octanol–water partition coefficient (Wildman–Crippen LogP) is 3.32. The van der Waals surface area contributed by atoms with E-state index in [1.807, 2.05) is 13.0 Å². The SMILES string of the molecule is Cc1cccc(NS(=O)(=O)c2ccc(C(=O)NCc3ccco3)cc2)c1. The van der Waals surface area contributed by atoms with Crippen LogP contribution >= 0.6 is 0 Å². The molecule has 1 aromatic heterocycles. The molecule has 0 radical (unpaired) electrons. The van der Waals surface area contributed by atoms with Crippen molar-refractivity contribution in [2.24, 2.45) is 0 Å². The second-order valence-corrected chi connectivity index (χ2v) is 7.44. The zero-order valence-corrected chi connectivity index (χ0v) is 14.9. The quantitative estimate of drug-likeness (QED) is 0.697. The molecule has 0 fully saturated rings. The number of carbonyl (C=O) groups excluding carboxylic acids is 1. The Kier molecular flexibility index (Phi) is 5.09. The van der Waals surface area contributed by atoms with Crippen LogP contribution in [0.15, 0.2) is 76.2 Å². The van der Waals surface area contributed by atoms with Gasteiger partial charge in [-0.1, -0.05) is 12.1 Å². The van der Waals surface area contributed by atoms with Gasteiger partial charge in [0.05, 0.1) is 17.7 Å². The predicted molar refractivity (Wildman–Crippen MR) is 98.3 cm³/mol. The molecule has 0 spiro atoms. The molecule has 6 nitrogen and oxygen atoms in total. The number of amides is 1. The van der Waals surface area contributed by atoms with Gasteiger partial charge in [0.15, 0.2) is 0 Å². The topological polar surface area (TPSA) is 88.4 Å². The van der Waals surface area contributed by atoms with E-state index in [4.69, 9.17) is 4.42 Å². The number of hydrogen-bond acceptors (Lipinski definition) is 4. The van der Waals surface area contributed by atoms with Crippen LogP contribution in [0.25, 0.3) is 0 Å². The summed E-state index contributed by atoms with van der Waals surface area (Å²) in [4.78, 5) is 12.2. The molecule has 2 N–H and O–H groups in total. The average molecular weight is 370 g/mol. The van der Waals surface area contributed by atoms with Crippen molar-refractivity contribution in [3.05, 3.63) is 83.8 Å². The Hall–Kier alpha value is -3.06. The zero-order valence-electron chi connectivity index (χ0n) is 14.1. The first kappa shape index (κ1) is 17.8. The molecule has 0 bridgehead atoms. The van der Waals surface area contributed by atoms with Crippen LogP contribution in [0, 0.1) is 6.92 Å². The molecule has 3 rings (SSSR count). The average Bonchev–Trinajstić information content (AvgIpc) is 3.13. The molecule has 0 atom stereocenters. The third kappa shape index (κ3) is 4.31. The molecule has 0 saturated heterocycles. The van der Waals surface area contributed by atoms with Gasteiger partial charge in [0.1, 0.15) is 5.76 Å². The maximum atomic E-state index is 12.5. The molecule has 0 aliphatic heterocycles. The Morgan fingerprint density at radius 1 is 1.04 bits per heavy atom. The van der Waals surface area contributed by atoms with Crippen molar-refractivity contribution in [1.29, 1.82) is 0 Å². The van der Waals surface area contributed by atoms with Crippen molar-refractivity contribution in [3.63, 3.8) is 0 Å². The maximum Gasteiger partial charge on any atom is 0.261 e. The highest BCUT2D eigenvalue weighted by Crippen LogP contribution is 2.17. The minimum absolute atomic E-state index is 0.0848. The highest BCUT2D eigenvalue weighted by Gasteiger charge is 2.15. The van der Waals surface area contributed by atoms with E-state index in [1.54, 1.807) is 30.3 Å². The van der Waals surface area contributed by atoms with Crippen LogP contribution in [-0.2, 0) is 16.6 Å². The summed E-state index contributed by atoms with van der Waals surface area (Å²) in [6.45, 7) is 2.15. The first-order valence-corrected chi connectivity index (χ1v) is 9.42. The molecule has 26 heavy (non-hydrogen) atoms. The summed E-state index contributed by atoms with van der Waals surface area (Å²) >= 11 is 0. The first-order valence-electron chi connectivity index (χ1n) is 7.94. The van der Waals surface area contributed by atoms with Crippen molar-refractivity contribution in [3.8, 4) is 0 Å². The van der Waals surface area contributed by atoms with Crippen LogP contribution in [0.1, 0.15) is 21.7 Å². The molecule has 1 amide bonds. The molecule has 0 saturated carbocycles. The lowest BCUT2D eigenvalue weighted by Crippen LogP contribution is -2.22. The fourth-order valence-corrected chi connectivity index (χ4v) is 3.44. The van der Waals surface area contributed by atoms with Gasteiger partial charge in [-0.3, -0.25) is 9.52 Å². The first-order chi connectivity index (χ1) is 12.4. The van der Waals surface area contributed by atoms with E-state index >= 15 is 0 Å². The Morgan fingerprint density at radius 2 is 1.81 bits per heavy atom. The number of hydrogen-bond donors (Lipinski definition) is 2. The van der Waals surface area contributed by atoms with Crippen LogP contribution in [0.4, 0.5) is 5.69 Å². The molecule has 0 aliphatic rings. The fraction of sp³-hybridized carbons (Fsp3) is 0.105. The smallest absolute Gasteiger partial charge is 0.261 e. The number of sulfonamides is 1. The van der Waals surface area contributed by atoms with Crippen LogP contribution < -0.4 is 10.0 Å². The molecule has 7 heteroatoms. The van der Waals surface area contributed by atoms with Gasteiger partial charge in [-0.25, -0.2) is 8.42 Å². The lowest BCUT2D eigenvalue weighted by molar-refractivity contribution is 0.0948. The molecular weight excluding hydrogens is 352 g/mol. The Bertz CT molecular complexity index is 994. The number of anilines is 1. The van der Waals surface area contributed by atoms with Crippen LogP contribution in [0.5, 0.6) is 0 Å². The second kappa shape index (κ2) is 7.45. The molecule has 134 valence electrons. The third-order valence-corrected chi connectivity index (χ3v) is 5.10. The van der Waals surface area contributed by atoms with Crippen LogP contribution in [-0.4, -0.2) is 14.3 Å².